The molecule has 3 N–H and O–H groups in total. The van der Waals surface area contributed by atoms with Crippen molar-refractivity contribution in [2.45, 2.75) is 13.0 Å². The van der Waals surface area contributed by atoms with Crippen LogP contribution in [0.2, 0.25) is 0 Å². The maximum Gasteiger partial charge on any atom is 0.315 e. The molecule has 1 atom stereocenters. The predicted molar refractivity (Wildman–Crippen MR) is 106 cm³/mol. The number of piperazine rings is 1. The van der Waals surface area contributed by atoms with Gasteiger partial charge in [-0.25, -0.2) is 4.79 Å². The second-order valence-corrected chi connectivity index (χ2v) is 6.70. The van der Waals surface area contributed by atoms with Crippen LogP contribution in [0.15, 0.2) is 54.6 Å². The summed E-state index contributed by atoms with van der Waals surface area (Å²) in [5.74, 6) is 0. The van der Waals surface area contributed by atoms with Gasteiger partial charge in [-0.05, 0) is 23.6 Å². The molecule has 138 valence electrons. The number of carbonyl (C=O) groups is 1. The Balaban J connectivity index is 1.45. The summed E-state index contributed by atoms with van der Waals surface area (Å²) in [6, 6.07) is 18.5. The van der Waals surface area contributed by atoms with E-state index in [2.05, 4.69) is 57.2 Å². The summed E-state index contributed by atoms with van der Waals surface area (Å²) in [5, 5.41) is 9.30. The Morgan fingerprint density at radius 1 is 1.04 bits per heavy atom. The number of nitrogens with zero attached hydrogens (tertiary/aromatic N) is 1. The molecule has 1 saturated heterocycles. The highest BCUT2D eigenvalue weighted by molar-refractivity contribution is 5.74. The number of amides is 2. The molecule has 2 aromatic carbocycles. The maximum atomic E-state index is 12.1. The first-order chi connectivity index (χ1) is 12.7. The van der Waals surface area contributed by atoms with Crippen molar-refractivity contribution in [3.63, 3.8) is 0 Å². The lowest BCUT2D eigenvalue weighted by atomic mass is 10.0. The zero-order valence-electron chi connectivity index (χ0n) is 15.4. The van der Waals surface area contributed by atoms with Gasteiger partial charge in [0.25, 0.3) is 0 Å². The minimum absolute atomic E-state index is 0.0287. The van der Waals surface area contributed by atoms with Crippen molar-refractivity contribution in [3.8, 4) is 11.1 Å². The van der Waals surface area contributed by atoms with Crippen molar-refractivity contribution < 1.29 is 4.79 Å². The van der Waals surface area contributed by atoms with Gasteiger partial charge in [-0.3, -0.25) is 4.90 Å². The summed E-state index contributed by atoms with van der Waals surface area (Å²) in [5.41, 5.74) is 3.48. The highest BCUT2D eigenvalue weighted by Gasteiger charge is 2.11. The molecule has 0 bridgehead atoms. The van der Waals surface area contributed by atoms with Crippen LogP contribution in [0.4, 0.5) is 4.79 Å². The molecule has 1 fully saturated rings. The highest BCUT2D eigenvalue weighted by atomic mass is 16.2. The van der Waals surface area contributed by atoms with Crippen molar-refractivity contribution >= 4 is 6.03 Å². The molecule has 5 nitrogen and oxygen atoms in total. The number of hydrogen-bond donors (Lipinski definition) is 3. The van der Waals surface area contributed by atoms with Gasteiger partial charge in [-0.15, -0.1) is 0 Å². The van der Waals surface area contributed by atoms with Crippen LogP contribution in [0.25, 0.3) is 11.1 Å². The first kappa shape index (κ1) is 18.4. The first-order valence-electron chi connectivity index (χ1n) is 9.35. The van der Waals surface area contributed by atoms with Gasteiger partial charge in [0.1, 0.15) is 0 Å². The summed E-state index contributed by atoms with van der Waals surface area (Å²) >= 11 is 0. The maximum absolute atomic E-state index is 12.1. The molecule has 5 heteroatoms. The van der Waals surface area contributed by atoms with Crippen LogP contribution in [0.3, 0.4) is 0 Å². The Kier molecular flexibility index (Phi) is 6.63. The second-order valence-electron chi connectivity index (χ2n) is 6.70. The number of benzene rings is 2. The Morgan fingerprint density at radius 3 is 2.38 bits per heavy atom. The van der Waals surface area contributed by atoms with Crippen molar-refractivity contribution in [2.75, 3.05) is 39.3 Å². The molecule has 0 unspecified atom stereocenters. The summed E-state index contributed by atoms with van der Waals surface area (Å²) in [6.07, 6.45) is 0. The van der Waals surface area contributed by atoms with Gasteiger partial charge in [0.2, 0.25) is 0 Å². The van der Waals surface area contributed by atoms with E-state index >= 15 is 0 Å². The van der Waals surface area contributed by atoms with Crippen LogP contribution in [0.5, 0.6) is 0 Å². The van der Waals surface area contributed by atoms with Gasteiger partial charge in [-0.1, -0.05) is 54.6 Å². The molecule has 1 heterocycles. The molecule has 0 aliphatic carbocycles. The van der Waals surface area contributed by atoms with Crippen LogP contribution in [-0.4, -0.2) is 50.2 Å². The zero-order valence-corrected chi connectivity index (χ0v) is 15.4. The van der Waals surface area contributed by atoms with Gasteiger partial charge in [0, 0.05) is 39.3 Å². The van der Waals surface area contributed by atoms with Crippen LogP contribution < -0.4 is 16.0 Å². The molecular formula is C21H28N4O. The molecule has 1 aliphatic rings. The normalized spacial score (nSPS) is 16.0. The third-order valence-electron chi connectivity index (χ3n) is 4.79. The quantitative estimate of drug-likeness (QED) is 0.749. The molecule has 0 spiro atoms. The fourth-order valence-electron chi connectivity index (χ4n) is 3.19. The molecular weight excluding hydrogens is 324 g/mol. The number of urea groups is 1. The van der Waals surface area contributed by atoms with Gasteiger partial charge < -0.3 is 16.0 Å². The van der Waals surface area contributed by atoms with Gasteiger partial charge in [0.15, 0.2) is 0 Å². The van der Waals surface area contributed by atoms with E-state index in [0.717, 1.165) is 38.3 Å². The molecule has 1 aliphatic heterocycles. The summed E-state index contributed by atoms with van der Waals surface area (Å²) in [7, 11) is 0. The van der Waals surface area contributed by atoms with Gasteiger partial charge in [0.05, 0.1) is 6.04 Å². The topological polar surface area (TPSA) is 56.4 Å². The number of carbonyl (C=O) groups excluding carboxylic acids is 1. The molecule has 0 aromatic heterocycles. The van der Waals surface area contributed by atoms with E-state index < -0.39 is 0 Å². The lowest BCUT2D eigenvalue weighted by molar-refractivity contribution is 0.225. The van der Waals surface area contributed by atoms with E-state index in [9.17, 15) is 4.79 Å². The van der Waals surface area contributed by atoms with Crippen LogP contribution in [0.1, 0.15) is 18.5 Å². The Bertz CT molecular complexity index is 681. The molecule has 0 saturated carbocycles. The monoisotopic (exact) mass is 352 g/mol. The average molecular weight is 352 g/mol. The minimum atomic E-state index is -0.111. The van der Waals surface area contributed by atoms with Crippen LogP contribution >= 0.6 is 0 Å². The Hall–Kier alpha value is -2.37. The first-order valence-corrected chi connectivity index (χ1v) is 9.35. The predicted octanol–water partition coefficient (Wildman–Crippen LogP) is 2.62. The Morgan fingerprint density at radius 2 is 1.69 bits per heavy atom. The van der Waals surface area contributed by atoms with E-state index in [0.29, 0.717) is 6.54 Å². The third-order valence-corrected chi connectivity index (χ3v) is 4.79. The molecule has 2 aromatic rings. The smallest absolute Gasteiger partial charge is 0.315 e. The molecule has 26 heavy (non-hydrogen) atoms. The second kappa shape index (κ2) is 9.36. The fraction of sp³-hybridized carbons (Fsp3) is 0.381. The van der Waals surface area contributed by atoms with Crippen LogP contribution in [-0.2, 0) is 0 Å². The van der Waals surface area contributed by atoms with Gasteiger partial charge >= 0.3 is 6.03 Å². The summed E-state index contributed by atoms with van der Waals surface area (Å²) in [6.45, 7) is 7.74. The average Bonchev–Trinajstić information content (AvgIpc) is 2.69. The zero-order chi connectivity index (χ0) is 18.2. The van der Waals surface area contributed by atoms with E-state index in [4.69, 9.17) is 0 Å². The van der Waals surface area contributed by atoms with Gasteiger partial charge in [-0.2, -0.15) is 0 Å². The lowest BCUT2D eigenvalue weighted by Gasteiger charge is -2.27. The molecule has 0 radical (unpaired) electrons. The largest absolute Gasteiger partial charge is 0.337 e. The van der Waals surface area contributed by atoms with Crippen LogP contribution in [0, 0.1) is 0 Å². The minimum Gasteiger partial charge on any atom is -0.337 e. The molecule has 2 amide bonds. The van der Waals surface area contributed by atoms with Crippen molar-refractivity contribution in [2.24, 2.45) is 0 Å². The third kappa shape index (κ3) is 5.31. The standard InChI is InChI=1S/C21H28N4O/c1-17(24-21(26)23-13-16-25-14-11-22-12-15-25)18-7-9-20(10-8-18)19-5-3-2-4-6-19/h2-10,17,22H,11-16H2,1H3,(H2,23,24,26)/t17-/m0/s1. The van der Waals surface area contributed by atoms with E-state index in [1.165, 1.54) is 11.1 Å². The number of hydrogen-bond acceptors (Lipinski definition) is 3. The van der Waals surface area contributed by atoms with E-state index in [-0.39, 0.29) is 12.1 Å². The van der Waals surface area contributed by atoms with Crippen molar-refractivity contribution in [1.29, 1.82) is 0 Å². The van der Waals surface area contributed by atoms with Crippen molar-refractivity contribution in [1.82, 2.24) is 20.9 Å². The van der Waals surface area contributed by atoms with E-state index in [1.807, 2.05) is 25.1 Å². The number of rotatable bonds is 6. The lowest BCUT2D eigenvalue weighted by Crippen LogP contribution is -2.47. The SMILES string of the molecule is C[C@H](NC(=O)NCCN1CCNCC1)c1ccc(-c2ccccc2)cc1. The van der Waals surface area contributed by atoms with Crippen molar-refractivity contribution in [3.05, 3.63) is 60.2 Å². The van der Waals surface area contributed by atoms with E-state index in [1.54, 1.807) is 0 Å². The summed E-state index contributed by atoms with van der Waals surface area (Å²) in [4.78, 5) is 14.5. The highest BCUT2D eigenvalue weighted by Crippen LogP contribution is 2.21. The summed E-state index contributed by atoms with van der Waals surface area (Å²) < 4.78 is 0. The number of nitrogens with one attached hydrogen (secondary N) is 3. The molecule has 3 rings (SSSR count). The fourth-order valence-corrected chi connectivity index (χ4v) is 3.19. The Labute approximate surface area is 155 Å².